The van der Waals surface area contributed by atoms with Gasteiger partial charge >= 0.3 is 5.97 Å². The average Bonchev–Trinajstić information content (AvgIpc) is 3.09. The third-order valence-electron chi connectivity index (χ3n) is 5.21. The first-order valence-electron chi connectivity index (χ1n) is 9.80. The quantitative estimate of drug-likeness (QED) is 0.430. The van der Waals surface area contributed by atoms with Gasteiger partial charge in [0.15, 0.2) is 0 Å². The number of rotatable bonds is 5. The number of hydrogen-bond donors (Lipinski definition) is 0. The number of fused-ring (bicyclic) bond motifs is 1. The summed E-state index contributed by atoms with van der Waals surface area (Å²) in [6.45, 7) is 7.21. The van der Waals surface area contributed by atoms with Crippen LogP contribution in [0.15, 0.2) is 24.3 Å². The third kappa shape index (κ3) is 3.77. The van der Waals surface area contributed by atoms with E-state index in [0.717, 1.165) is 54.4 Å². The molecule has 1 aromatic carbocycles. The molecule has 1 aliphatic heterocycles. The fourth-order valence-corrected chi connectivity index (χ4v) is 5.05. The van der Waals surface area contributed by atoms with Gasteiger partial charge in [-0.2, -0.15) is 4.98 Å². The van der Waals surface area contributed by atoms with E-state index in [1.807, 2.05) is 25.1 Å². The number of hydrogen-bond acceptors (Lipinski definition) is 8. The normalized spacial score (nSPS) is 14.3. The van der Waals surface area contributed by atoms with Crippen molar-refractivity contribution in [3.05, 3.63) is 40.0 Å². The minimum atomic E-state index is -0.332. The fraction of sp³-hybridized carbons (Fsp3) is 0.381. The van der Waals surface area contributed by atoms with Crippen LogP contribution < -0.4 is 14.5 Å². The molecule has 0 aliphatic carbocycles. The van der Waals surface area contributed by atoms with Crippen LogP contribution in [0.1, 0.15) is 22.2 Å². The molecule has 7 nitrogen and oxygen atoms in total. The van der Waals surface area contributed by atoms with Gasteiger partial charge in [0.05, 0.1) is 24.8 Å². The third-order valence-corrected chi connectivity index (χ3v) is 6.54. The van der Waals surface area contributed by atoms with Crippen molar-refractivity contribution in [2.24, 2.45) is 0 Å². The van der Waals surface area contributed by atoms with E-state index in [9.17, 15) is 4.79 Å². The van der Waals surface area contributed by atoms with Crippen molar-refractivity contribution in [3.63, 3.8) is 0 Å². The SMILES string of the molecule is CCOC(=O)c1sc2nc(Cl)nc(N3CCN(c4ccccc4OC)CC3)c2c1C. The molecule has 4 rings (SSSR count). The van der Waals surface area contributed by atoms with Gasteiger partial charge in [-0.25, -0.2) is 9.78 Å². The molecular weight excluding hydrogens is 424 g/mol. The number of ether oxygens (including phenoxy) is 2. The van der Waals surface area contributed by atoms with Crippen molar-refractivity contribution in [1.29, 1.82) is 0 Å². The second kappa shape index (κ2) is 8.65. The summed E-state index contributed by atoms with van der Waals surface area (Å²) in [7, 11) is 1.69. The molecule has 3 heterocycles. The molecular formula is C21H23ClN4O3S. The highest BCUT2D eigenvalue weighted by molar-refractivity contribution is 7.20. The van der Waals surface area contributed by atoms with E-state index < -0.39 is 0 Å². The molecule has 1 aliphatic rings. The molecule has 0 spiro atoms. The Labute approximate surface area is 184 Å². The Hall–Kier alpha value is -2.58. The molecule has 0 unspecified atom stereocenters. The maximum Gasteiger partial charge on any atom is 0.348 e. The van der Waals surface area contributed by atoms with E-state index in [-0.39, 0.29) is 11.3 Å². The first-order chi connectivity index (χ1) is 14.5. The lowest BCUT2D eigenvalue weighted by atomic mass is 10.1. The number of carbonyl (C=O) groups is 1. The summed E-state index contributed by atoms with van der Waals surface area (Å²) in [6.07, 6.45) is 0. The maximum atomic E-state index is 12.3. The van der Waals surface area contributed by atoms with Crippen LogP contribution in [0.4, 0.5) is 11.5 Å². The Bertz CT molecular complexity index is 1080. The zero-order valence-corrected chi connectivity index (χ0v) is 18.7. The maximum absolute atomic E-state index is 12.3. The Morgan fingerprint density at radius 3 is 2.57 bits per heavy atom. The lowest BCUT2D eigenvalue weighted by Gasteiger charge is -2.37. The molecule has 9 heteroatoms. The van der Waals surface area contributed by atoms with Gasteiger partial charge in [0.2, 0.25) is 5.28 Å². The van der Waals surface area contributed by atoms with Gasteiger partial charge in [-0.3, -0.25) is 0 Å². The minimum absolute atomic E-state index is 0.182. The molecule has 0 bridgehead atoms. The number of aryl methyl sites for hydroxylation is 1. The number of thiophene rings is 1. The topological polar surface area (TPSA) is 67.8 Å². The Morgan fingerprint density at radius 1 is 1.17 bits per heavy atom. The summed E-state index contributed by atoms with van der Waals surface area (Å²) in [4.78, 5) is 27.0. The van der Waals surface area contributed by atoms with Crippen molar-refractivity contribution < 1.29 is 14.3 Å². The Balaban J connectivity index is 1.63. The van der Waals surface area contributed by atoms with Gasteiger partial charge in [0.25, 0.3) is 0 Å². The molecule has 3 aromatic rings. The fourth-order valence-electron chi connectivity index (χ4n) is 3.76. The highest BCUT2D eigenvalue weighted by Crippen LogP contribution is 2.37. The van der Waals surface area contributed by atoms with E-state index in [2.05, 4.69) is 25.8 Å². The highest BCUT2D eigenvalue weighted by Gasteiger charge is 2.26. The molecule has 0 radical (unpaired) electrons. The van der Waals surface area contributed by atoms with E-state index in [1.54, 1.807) is 14.0 Å². The molecule has 30 heavy (non-hydrogen) atoms. The standard InChI is InChI=1S/C21H23ClN4O3S/c1-4-29-20(27)17-13(2)16-18(23-21(22)24-19(16)30-17)26-11-9-25(10-12-26)14-7-5-6-8-15(14)28-3/h5-8H,4,9-12H2,1-3H3. The summed E-state index contributed by atoms with van der Waals surface area (Å²) in [6, 6.07) is 8.03. The van der Waals surface area contributed by atoms with Crippen LogP contribution in [0.5, 0.6) is 5.75 Å². The molecule has 0 atom stereocenters. The van der Waals surface area contributed by atoms with Crippen molar-refractivity contribution in [2.75, 3.05) is 49.7 Å². The number of para-hydroxylation sites is 2. The van der Waals surface area contributed by atoms with Gasteiger partial charge in [0, 0.05) is 26.2 Å². The number of nitrogens with zero attached hydrogens (tertiary/aromatic N) is 4. The number of esters is 1. The molecule has 1 saturated heterocycles. The molecule has 0 saturated carbocycles. The summed E-state index contributed by atoms with van der Waals surface area (Å²) in [5, 5.41) is 1.06. The van der Waals surface area contributed by atoms with Crippen LogP contribution in [-0.2, 0) is 4.74 Å². The Kier molecular flexibility index (Phi) is 5.97. The predicted octanol–water partition coefficient (Wildman–Crippen LogP) is 4.17. The molecule has 2 aromatic heterocycles. The zero-order chi connectivity index (χ0) is 21.3. The second-order valence-electron chi connectivity index (χ2n) is 6.92. The first kappa shape index (κ1) is 20.7. The van der Waals surface area contributed by atoms with Crippen LogP contribution >= 0.6 is 22.9 Å². The number of aromatic nitrogens is 2. The van der Waals surface area contributed by atoms with Crippen LogP contribution in [0.25, 0.3) is 10.2 Å². The summed E-state index contributed by atoms with van der Waals surface area (Å²) >= 11 is 7.53. The second-order valence-corrected chi connectivity index (χ2v) is 8.26. The molecule has 0 N–H and O–H groups in total. The van der Waals surface area contributed by atoms with E-state index in [0.29, 0.717) is 16.3 Å². The van der Waals surface area contributed by atoms with E-state index >= 15 is 0 Å². The van der Waals surface area contributed by atoms with Crippen LogP contribution in [0.3, 0.4) is 0 Å². The van der Waals surface area contributed by atoms with Crippen LogP contribution in [0.2, 0.25) is 5.28 Å². The van der Waals surface area contributed by atoms with Gasteiger partial charge in [-0.05, 0) is 43.1 Å². The molecule has 0 amide bonds. The summed E-state index contributed by atoms with van der Waals surface area (Å²) < 4.78 is 10.7. The van der Waals surface area contributed by atoms with Gasteiger partial charge in [0.1, 0.15) is 21.3 Å². The molecule has 158 valence electrons. The highest BCUT2D eigenvalue weighted by atomic mass is 35.5. The molecule has 1 fully saturated rings. The van der Waals surface area contributed by atoms with Crippen molar-refractivity contribution in [2.45, 2.75) is 13.8 Å². The predicted molar refractivity (Wildman–Crippen MR) is 121 cm³/mol. The van der Waals surface area contributed by atoms with Gasteiger partial charge in [-0.1, -0.05) is 12.1 Å². The number of halogens is 1. The van der Waals surface area contributed by atoms with Gasteiger partial charge < -0.3 is 19.3 Å². The van der Waals surface area contributed by atoms with E-state index in [1.165, 1.54) is 11.3 Å². The van der Waals surface area contributed by atoms with Crippen molar-refractivity contribution in [1.82, 2.24) is 9.97 Å². The largest absolute Gasteiger partial charge is 0.495 e. The van der Waals surface area contributed by atoms with Crippen LogP contribution in [-0.4, -0.2) is 55.8 Å². The van der Waals surface area contributed by atoms with Gasteiger partial charge in [-0.15, -0.1) is 11.3 Å². The first-order valence-corrected chi connectivity index (χ1v) is 11.0. The van der Waals surface area contributed by atoms with Crippen LogP contribution in [0, 0.1) is 6.92 Å². The smallest absolute Gasteiger partial charge is 0.348 e. The Morgan fingerprint density at radius 2 is 1.87 bits per heavy atom. The number of anilines is 2. The van der Waals surface area contributed by atoms with Crippen molar-refractivity contribution >= 4 is 50.6 Å². The number of piperazine rings is 1. The average molecular weight is 447 g/mol. The van der Waals surface area contributed by atoms with E-state index in [4.69, 9.17) is 21.1 Å². The van der Waals surface area contributed by atoms with Crippen molar-refractivity contribution in [3.8, 4) is 5.75 Å². The monoisotopic (exact) mass is 446 g/mol. The minimum Gasteiger partial charge on any atom is -0.495 e. The zero-order valence-electron chi connectivity index (χ0n) is 17.1. The summed E-state index contributed by atoms with van der Waals surface area (Å²) in [5.74, 6) is 1.31. The number of benzene rings is 1. The lowest BCUT2D eigenvalue weighted by Crippen LogP contribution is -2.47. The summed E-state index contributed by atoms with van der Waals surface area (Å²) in [5.41, 5.74) is 1.93. The lowest BCUT2D eigenvalue weighted by molar-refractivity contribution is 0.0531. The number of carbonyl (C=O) groups excluding carboxylic acids is 1. The number of methoxy groups -OCH3 is 1.